The summed E-state index contributed by atoms with van der Waals surface area (Å²) >= 11 is 0. The lowest BCUT2D eigenvalue weighted by atomic mass is 9.85. The summed E-state index contributed by atoms with van der Waals surface area (Å²) in [6, 6.07) is 8.56. The molecule has 1 saturated heterocycles. The number of hydrazone groups is 1. The number of fused-ring (bicyclic) bond motifs is 5. The highest BCUT2D eigenvalue weighted by Gasteiger charge is 2.59. The number of allylic oxidation sites excluding steroid dienone is 2. The highest BCUT2D eigenvalue weighted by Crippen LogP contribution is 2.52. The van der Waals surface area contributed by atoms with Crippen LogP contribution < -0.4 is 9.47 Å². The van der Waals surface area contributed by atoms with Gasteiger partial charge >= 0.3 is 5.69 Å². The lowest BCUT2D eigenvalue weighted by molar-refractivity contribution is -0.386. The molecular weight excluding hydrogens is 445 g/mol. The van der Waals surface area contributed by atoms with Gasteiger partial charge in [-0.2, -0.15) is 10.1 Å². The van der Waals surface area contributed by atoms with Crippen molar-refractivity contribution >= 4 is 23.7 Å². The van der Waals surface area contributed by atoms with Crippen LogP contribution in [0.3, 0.4) is 0 Å². The number of methoxy groups -OCH3 is 1. The number of amides is 2. The summed E-state index contributed by atoms with van der Waals surface area (Å²) in [5.41, 5.74) is 0.0421. The first-order chi connectivity index (χ1) is 16.4. The highest BCUT2D eigenvalue weighted by molar-refractivity contribution is 6.06. The molecule has 1 heterocycles. The van der Waals surface area contributed by atoms with Crippen molar-refractivity contribution in [1.29, 1.82) is 0 Å². The minimum Gasteiger partial charge on any atom is -0.493 e. The third-order valence-electron chi connectivity index (χ3n) is 6.57. The second-order valence-electron chi connectivity index (χ2n) is 8.44. The van der Waals surface area contributed by atoms with Crippen LogP contribution in [0, 0.1) is 39.6 Å². The summed E-state index contributed by atoms with van der Waals surface area (Å²) in [5, 5.41) is 16.6. The van der Waals surface area contributed by atoms with E-state index in [0.29, 0.717) is 0 Å². The summed E-state index contributed by atoms with van der Waals surface area (Å²) < 4.78 is 24.7. The maximum atomic E-state index is 13.9. The van der Waals surface area contributed by atoms with E-state index in [1.807, 2.05) is 12.2 Å². The van der Waals surface area contributed by atoms with Gasteiger partial charge in [-0.3, -0.25) is 19.7 Å². The zero-order chi connectivity index (χ0) is 24.0. The molecule has 1 aliphatic heterocycles. The van der Waals surface area contributed by atoms with Gasteiger partial charge in [-0.05, 0) is 30.4 Å². The van der Waals surface area contributed by atoms with Gasteiger partial charge in [-0.15, -0.1) is 0 Å². The Morgan fingerprint density at radius 3 is 2.47 bits per heavy atom. The van der Waals surface area contributed by atoms with E-state index in [-0.39, 0.29) is 52.9 Å². The van der Waals surface area contributed by atoms with Gasteiger partial charge in [-0.25, -0.2) is 4.39 Å². The van der Waals surface area contributed by atoms with Gasteiger partial charge in [0.2, 0.25) is 5.75 Å². The van der Waals surface area contributed by atoms with Crippen molar-refractivity contribution in [1.82, 2.24) is 5.01 Å². The molecule has 2 aromatic carbocycles. The molecule has 4 atom stereocenters. The molecule has 2 aliphatic carbocycles. The van der Waals surface area contributed by atoms with Crippen molar-refractivity contribution < 1.29 is 28.4 Å². The second kappa shape index (κ2) is 8.36. The Kier molecular flexibility index (Phi) is 5.35. The van der Waals surface area contributed by atoms with Crippen LogP contribution in [0.1, 0.15) is 17.5 Å². The zero-order valence-corrected chi connectivity index (χ0v) is 18.1. The van der Waals surface area contributed by atoms with E-state index in [2.05, 4.69) is 5.10 Å². The maximum Gasteiger partial charge on any atom is 0.315 e. The second-order valence-corrected chi connectivity index (χ2v) is 8.44. The number of carbonyl (C=O) groups excluding carboxylic acids is 2. The topological polar surface area (TPSA) is 111 Å². The molecule has 4 unspecified atom stereocenters. The molecule has 10 heteroatoms. The SMILES string of the molecule is COc1cc(C=NN2C(=O)C3C4C=CC(C4)C3C2=O)cc([N+](=O)[O-])c1OCc1ccccc1F. The molecule has 0 spiro atoms. The van der Waals surface area contributed by atoms with Crippen molar-refractivity contribution in [3.8, 4) is 11.5 Å². The fourth-order valence-electron chi connectivity index (χ4n) is 5.01. The van der Waals surface area contributed by atoms with E-state index < -0.39 is 28.3 Å². The Morgan fingerprint density at radius 2 is 1.85 bits per heavy atom. The lowest BCUT2D eigenvalue weighted by Crippen LogP contribution is -2.28. The highest BCUT2D eigenvalue weighted by atomic mass is 19.1. The number of ether oxygens (including phenoxy) is 2. The van der Waals surface area contributed by atoms with Gasteiger partial charge in [0.1, 0.15) is 12.4 Å². The number of rotatable bonds is 7. The summed E-state index contributed by atoms with van der Waals surface area (Å²) in [4.78, 5) is 36.6. The van der Waals surface area contributed by atoms with E-state index in [1.165, 1.54) is 43.7 Å². The minimum atomic E-state index is -0.656. The van der Waals surface area contributed by atoms with Crippen LogP contribution in [0.15, 0.2) is 53.7 Å². The average Bonchev–Trinajstić information content (AvgIpc) is 3.51. The quantitative estimate of drug-likeness (QED) is 0.204. The lowest BCUT2D eigenvalue weighted by Gasteiger charge is -2.13. The normalized spacial score (nSPS) is 24.8. The number of benzene rings is 2. The first-order valence-corrected chi connectivity index (χ1v) is 10.7. The van der Waals surface area contributed by atoms with Gasteiger partial charge in [-0.1, -0.05) is 30.4 Å². The van der Waals surface area contributed by atoms with Crippen LogP contribution in [0.4, 0.5) is 10.1 Å². The first kappa shape index (κ1) is 21.7. The summed E-state index contributed by atoms with van der Waals surface area (Å²) in [7, 11) is 1.31. The van der Waals surface area contributed by atoms with Crippen molar-refractivity contribution in [3.05, 3.63) is 75.6 Å². The van der Waals surface area contributed by atoms with E-state index in [9.17, 15) is 24.1 Å². The van der Waals surface area contributed by atoms with Gasteiger partial charge in [0.15, 0.2) is 5.75 Å². The molecular formula is C24H20FN3O6. The molecule has 1 saturated carbocycles. The third-order valence-corrected chi connectivity index (χ3v) is 6.57. The first-order valence-electron chi connectivity index (χ1n) is 10.7. The van der Waals surface area contributed by atoms with E-state index in [0.717, 1.165) is 11.4 Å². The van der Waals surface area contributed by atoms with Crippen LogP contribution >= 0.6 is 0 Å². The molecule has 174 valence electrons. The molecule has 5 rings (SSSR count). The molecule has 2 amide bonds. The van der Waals surface area contributed by atoms with E-state index >= 15 is 0 Å². The number of carbonyl (C=O) groups is 2. The number of halogens is 1. The largest absolute Gasteiger partial charge is 0.493 e. The van der Waals surface area contributed by atoms with Gasteiger partial charge < -0.3 is 9.47 Å². The minimum absolute atomic E-state index is 0.0326. The smallest absolute Gasteiger partial charge is 0.315 e. The van der Waals surface area contributed by atoms with Crippen LogP contribution in [-0.4, -0.2) is 35.1 Å². The standard InChI is InChI=1S/C24H20FN3O6/c1-33-19-9-13(8-18(28(31)32)22(19)34-12-16-4-2-3-5-17(16)25)11-26-27-23(29)20-14-6-7-15(10-14)21(20)24(27)30/h2-9,11,14-15,20-21H,10,12H2,1H3. The fourth-order valence-corrected chi connectivity index (χ4v) is 5.01. The average molecular weight is 465 g/mol. The van der Waals surface area contributed by atoms with E-state index in [1.54, 1.807) is 6.07 Å². The summed E-state index contributed by atoms with van der Waals surface area (Å²) in [5.74, 6) is -2.01. The Labute approximate surface area is 193 Å². The monoisotopic (exact) mass is 465 g/mol. The van der Waals surface area contributed by atoms with Crippen LogP contribution in [0.25, 0.3) is 0 Å². The molecule has 34 heavy (non-hydrogen) atoms. The number of hydrogen-bond acceptors (Lipinski definition) is 7. The number of hydrogen-bond donors (Lipinski definition) is 0. The molecule has 9 nitrogen and oxygen atoms in total. The maximum absolute atomic E-state index is 13.9. The van der Waals surface area contributed by atoms with Crippen molar-refractivity contribution in [3.63, 3.8) is 0 Å². The van der Waals surface area contributed by atoms with Gasteiger partial charge in [0.05, 0.1) is 30.1 Å². The predicted octanol–water partition coefficient (Wildman–Crippen LogP) is 3.46. The Balaban J connectivity index is 1.40. The molecule has 3 aliphatic rings. The Hall–Kier alpha value is -4.08. The summed E-state index contributed by atoms with van der Waals surface area (Å²) in [6.07, 6.45) is 5.99. The predicted molar refractivity (Wildman–Crippen MR) is 118 cm³/mol. The molecule has 2 fully saturated rings. The molecule has 0 aromatic heterocycles. The van der Waals surface area contributed by atoms with Crippen molar-refractivity contribution in [2.75, 3.05) is 7.11 Å². The molecule has 2 aromatic rings. The Bertz CT molecular complexity index is 1230. The molecule has 0 radical (unpaired) electrons. The van der Waals surface area contributed by atoms with Crippen molar-refractivity contribution in [2.24, 2.45) is 28.8 Å². The number of nitro benzene ring substituents is 1. The van der Waals surface area contributed by atoms with E-state index in [4.69, 9.17) is 9.47 Å². The number of imide groups is 1. The van der Waals surface area contributed by atoms with Crippen molar-refractivity contribution in [2.45, 2.75) is 13.0 Å². The fraction of sp³-hybridized carbons (Fsp3) is 0.292. The zero-order valence-electron chi connectivity index (χ0n) is 18.1. The summed E-state index contributed by atoms with van der Waals surface area (Å²) in [6.45, 7) is -0.243. The van der Waals surface area contributed by atoms with Crippen LogP contribution in [0.5, 0.6) is 11.5 Å². The van der Waals surface area contributed by atoms with Gasteiger partial charge in [0, 0.05) is 17.2 Å². The Morgan fingerprint density at radius 1 is 1.18 bits per heavy atom. The number of nitrogens with zero attached hydrogens (tertiary/aromatic N) is 3. The third kappa shape index (κ3) is 3.51. The molecule has 0 N–H and O–H groups in total. The van der Waals surface area contributed by atoms with Crippen LogP contribution in [0.2, 0.25) is 0 Å². The van der Waals surface area contributed by atoms with Crippen LogP contribution in [-0.2, 0) is 16.2 Å². The molecule has 2 bridgehead atoms. The van der Waals surface area contributed by atoms with Gasteiger partial charge in [0.25, 0.3) is 11.8 Å². The number of nitro groups is 1.